The summed E-state index contributed by atoms with van der Waals surface area (Å²) in [4.78, 5) is 12.0. The van der Waals surface area contributed by atoms with Crippen LogP contribution >= 0.6 is 15.9 Å². The first-order valence-electron chi connectivity index (χ1n) is 5.48. The molecule has 3 nitrogen and oxygen atoms in total. The Balaban J connectivity index is 2.11. The second-order valence-electron chi connectivity index (χ2n) is 4.57. The van der Waals surface area contributed by atoms with Crippen LogP contribution in [0.5, 0.6) is 0 Å². The molecule has 1 aromatic carbocycles. The van der Waals surface area contributed by atoms with Gasteiger partial charge < -0.3 is 10.6 Å². The van der Waals surface area contributed by atoms with Gasteiger partial charge in [-0.1, -0.05) is 0 Å². The van der Waals surface area contributed by atoms with Gasteiger partial charge in [-0.2, -0.15) is 0 Å². The molecule has 0 aromatic heterocycles. The lowest BCUT2D eigenvalue weighted by Gasteiger charge is -2.24. The maximum atomic E-state index is 13.1. The average Bonchev–Trinajstić information content (AvgIpc) is 2.69. The molecule has 1 saturated heterocycles. The molecule has 1 fully saturated rings. The fourth-order valence-electron chi connectivity index (χ4n) is 1.91. The summed E-state index contributed by atoms with van der Waals surface area (Å²) < 4.78 is 13.4. The van der Waals surface area contributed by atoms with Crippen molar-refractivity contribution in [3.8, 4) is 0 Å². The Kier molecular flexibility index (Phi) is 3.49. The molecular formula is C12H14BrFN2O. The number of benzene rings is 1. The largest absolute Gasteiger partial charge is 0.346 e. The van der Waals surface area contributed by atoms with Crippen molar-refractivity contribution in [2.45, 2.75) is 18.9 Å². The molecule has 5 heteroatoms. The SMILES string of the molecule is CC1(NC(=O)c2ccc(F)c(Br)c2)CCNC1. The number of hydrogen-bond acceptors (Lipinski definition) is 2. The van der Waals surface area contributed by atoms with E-state index in [1.165, 1.54) is 18.2 Å². The molecule has 0 bridgehead atoms. The van der Waals surface area contributed by atoms with E-state index in [9.17, 15) is 9.18 Å². The highest BCUT2D eigenvalue weighted by Crippen LogP contribution is 2.18. The maximum Gasteiger partial charge on any atom is 0.251 e. The Labute approximate surface area is 108 Å². The third kappa shape index (κ3) is 2.84. The summed E-state index contributed by atoms with van der Waals surface area (Å²) in [7, 11) is 0. The van der Waals surface area contributed by atoms with Gasteiger partial charge in [0.15, 0.2) is 0 Å². The van der Waals surface area contributed by atoms with E-state index in [-0.39, 0.29) is 17.3 Å². The summed E-state index contributed by atoms with van der Waals surface area (Å²) >= 11 is 3.07. The van der Waals surface area contributed by atoms with Crippen LogP contribution in [0.2, 0.25) is 0 Å². The smallest absolute Gasteiger partial charge is 0.251 e. The average molecular weight is 301 g/mol. The van der Waals surface area contributed by atoms with Crippen molar-refractivity contribution < 1.29 is 9.18 Å². The summed E-state index contributed by atoms with van der Waals surface area (Å²) in [6, 6.07) is 4.27. The zero-order valence-corrected chi connectivity index (χ0v) is 11.1. The Hall–Kier alpha value is -0.940. The van der Waals surface area contributed by atoms with E-state index < -0.39 is 0 Å². The van der Waals surface area contributed by atoms with E-state index in [4.69, 9.17) is 0 Å². The van der Waals surface area contributed by atoms with Gasteiger partial charge >= 0.3 is 0 Å². The van der Waals surface area contributed by atoms with Crippen molar-refractivity contribution in [2.24, 2.45) is 0 Å². The normalized spacial score (nSPS) is 23.7. The Morgan fingerprint density at radius 3 is 2.94 bits per heavy atom. The second-order valence-corrected chi connectivity index (χ2v) is 5.42. The van der Waals surface area contributed by atoms with Crippen LogP contribution in [0.3, 0.4) is 0 Å². The molecule has 1 aromatic rings. The van der Waals surface area contributed by atoms with Gasteiger partial charge in [-0.3, -0.25) is 4.79 Å². The quantitative estimate of drug-likeness (QED) is 0.878. The van der Waals surface area contributed by atoms with Crippen LogP contribution < -0.4 is 10.6 Å². The van der Waals surface area contributed by atoms with Crippen LogP contribution in [-0.2, 0) is 0 Å². The third-order valence-corrected chi connectivity index (χ3v) is 3.57. The maximum absolute atomic E-state index is 13.1. The predicted octanol–water partition coefficient (Wildman–Crippen LogP) is 2.07. The molecule has 17 heavy (non-hydrogen) atoms. The molecule has 0 saturated carbocycles. The Bertz CT molecular complexity index is 444. The summed E-state index contributed by atoms with van der Waals surface area (Å²) in [5.74, 6) is -0.535. The van der Waals surface area contributed by atoms with Crippen molar-refractivity contribution in [1.29, 1.82) is 0 Å². The van der Waals surface area contributed by atoms with E-state index in [2.05, 4.69) is 26.6 Å². The van der Waals surface area contributed by atoms with Crippen LogP contribution in [0.1, 0.15) is 23.7 Å². The van der Waals surface area contributed by atoms with Gasteiger partial charge in [-0.25, -0.2) is 4.39 Å². The molecule has 0 spiro atoms. The molecule has 1 heterocycles. The van der Waals surface area contributed by atoms with Crippen LogP contribution in [0.25, 0.3) is 0 Å². The molecule has 2 N–H and O–H groups in total. The molecule has 1 unspecified atom stereocenters. The van der Waals surface area contributed by atoms with Gasteiger partial charge in [0.25, 0.3) is 5.91 Å². The van der Waals surface area contributed by atoms with Crippen molar-refractivity contribution >= 4 is 21.8 Å². The van der Waals surface area contributed by atoms with E-state index in [0.717, 1.165) is 19.5 Å². The minimum atomic E-state index is -0.365. The number of nitrogens with one attached hydrogen (secondary N) is 2. The molecule has 2 rings (SSSR count). The van der Waals surface area contributed by atoms with E-state index >= 15 is 0 Å². The first-order chi connectivity index (χ1) is 8.00. The Morgan fingerprint density at radius 1 is 1.59 bits per heavy atom. The minimum absolute atomic E-state index is 0.170. The topological polar surface area (TPSA) is 41.1 Å². The molecule has 1 aliphatic rings. The number of hydrogen-bond donors (Lipinski definition) is 2. The van der Waals surface area contributed by atoms with E-state index in [0.29, 0.717) is 10.0 Å². The number of rotatable bonds is 2. The number of carbonyl (C=O) groups excluding carboxylic acids is 1. The summed E-state index contributed by atoms with van der Waals surface area (Å²) in [6.45, 7) is 3.68. The van der Waals surface area contributed by atoms with Crippen molar-refractivity contribution in [1.82, 2.24) is 10.6 Å². The molecule has 92 valence electrons. The van der Waals surface area contributed by atoms with Gasteiger partial charge in [0, 0.05) is 12.1 Å². The Morgan fingerprint density at radius 2 is 2.35 bits per heavy atom. The summed E-state index contributed by atoms with van der Waals surface area (Å²) in [6.07, 6.45) is 0.904. The zero-order valence-electron chi connectivity index (χ0n) is 9.52. The predicted molar refractivity (Wildman–Crippen MR) is 67.5 cm³/mol. The molecule has 1 atom stereocenters. The second kappa shape index (κ2) is 4.74. The van der Waals surface area contributed by atoms with Crippen LogP contribution in [0, 0.1) is 5.82 Å². The fourth-order valence-corrected chi connectivity index (χ4v) is 2.29. The van der Waals surface area contributed by atoms with Crippen molar-refractivity contribution in [3.63, 3.8) is 0 Å². The number of amides is 1. The third-order valence-electron chi connectivity index (χ3n) is 2.97. The lowest BCUT2D eigenvalue weighted by molar-refractivity contribution is 0.0913. The van der Waals surface area contributed by atoms with Crippen LogP contribution in [0.4, 0.5) is 4.39 Å². The monoisotopic (exact) mass is 300 g/mol. The van der Waals surface area contributed by atoms with Crippen LogP contribution in [0.15, 0.2) is 22.7 Å². The van der Waals surface area contributed by atoms with Crippen molar-refractivity contribution in [3.05, 3.63) is 34.1 Å². The lowest BCUT2D eigenvalue weighted by atomic mass is 10.0. The van der Waals surface area contributed by atoms with Gasteiger partial charge in [-0.15, -0.1) is 0 Å². The first kappa shape index (κ1) is 12.5. The molecule has 0 aliphatic carbocycles. The highest BCUT2D eigenvalue weighted by atomic mass is 79.9. The van der Waals surface area contributed by atoms with Gasteiger partial charge in [0.05, 0.1) is 10.0 Å². The number of carbonyl (C=O) groups is 1. The van der Waals surface area contributed by atoms with Gasteiger partial charge in [0.2, 0.25) is 0 Å². The van der Waals surface area contributed by atoms with Gasteiger partial charge in [0.1, 0.15) is 5.82 Å². The van der Waals surface area contributed by atoms with Crippen molar-refractivity contribution in [2.75, 3.05) is 13.1 Å². The van der Waals surface area contributed by atoms with Crippen LogP contribution in [-0.4, -0.2) is 24.5 Å². The standard InChI is InChI=1S/C12H14BrFN2O/c1-12(4-5-15-7-12)16-11(17)8-2-3-10(14)9(13)6-8/h2-3,6,15H,4-5,7H2,1H3,(H,16,17). The number of halogens is 2. The lowest BCUT2D eigenvalue weighted by Crippen LogP contribution is -2.47. The van der Waals surface area contributed by atoms with E-state index in [1.54, 1.807) is 0 Å². The highest BCUT2D eigenvalue weighted by Gasteiger charge is 2.30. The summed E-state index contributed by atoms with van der Waals surface area (Å²) in [5.41, 5.74) is 0.254. The summed E-state index contributed by atoms with van der Waals surface area (Å²) in [5, 5.41) is 6.18. The highest BCUT2D eigenvalue weighted by molar-refractivity contribution is 9.10. The van der Waals surface area contributed by atoms with Gasteiger partial charge in [-0.05, 0) is 54.0 Å². The minimum Gasteiger partial charge on any atom is -0.346 e. The fraction of sp³-hybridized carbons (Fsp3) is 0.417. The zero-order chi connectivity index (χ0) is 12.5. The molecule has 1 amide bonds. The molecular weight excluding hydrogens is 287 g/mol. The molecule has 0 radical (unpaired) electrons. The molecule has 1 aliphatic heterocycles. The van der Waals surface area contributed by atoms with E-state index in [1.807, 2.05) is 6.92 Å². The first-order valence-corrected chi connectivity index (χ1v) is 6.28.